The second-order valence-electron chi connectivity index (χ2n) is 4.46. The van der Waals surface area contributed by atoms with Crippen molar-refractivity contribution < 1.29 is 8.78 Å². The Kier molecular flexibility index (Phi) is 3.09. The van der Waals surface area contributed by atoms with Crippen LogP contribution in [0.25, 0.3) is 11.3 Å². The Bertz CT molecular complexity index is 564. The summed E-state index contributed by atoms with van der Waals surface area (Å²) < 4.78 is 30.6. The second-order valence-corrected chi connectivity index (χ2v) is 5.35. The fourth-order valence-electron chi connectivity index (χ4n) is 1.75. The molecule has 0 amide bonds. The molecule has 0 aliphatic heterocycles. The molecule has 3 rings (SSSR count). The fourth-order valence-corrected chi connectivity index (χ4v) is 2.43. The first-order valence-electron chi connectivity index (χ1n) is 5.87. The van der Waals surface area contributed by atoms with Crippen molar-refractivity contribution in [3.8, 4) is 11.3 Å². The number of benzene rings is 1. The summed E-state index contributed by atoms with van der Waals surface area (Å²) in [7, 11) is 0. The highest BCUT2D eigenvalue weighted by molar-refractivity contribution is 7.06. The van der Waals surface area contributed by atoms with E-state index in [2.05, 4.69) is 9.69 Å². The van der Waals surface area contributed by atoms with Crippen LogP contribution in [0.3, 0.4) is 0 Å². The van der Waals surface area contributed by atoms with E-state index in [1.807, 2.05) is 6.07 Å². The van der Waals surface area contributed by atoms with Gasteiger partial charge in [-0.15, -0.1) is 0 Å². The van der Waals surface area contributed by atoms with Crippen LogP contribution in [0.4, 0.5) is 8.78 Å². The van der Waals surface area contributed by atoms with Crippen LogP contribution < -0.4 is 5.32 Å². The maximum absolute atomic E-state index is 13.6. The van der Waals surface area contributed by atoms with E-state index in [-0.39, 0.29) is 0 Å². The molecule has 1 saturated carbocycles. The molecule has 1 aliphatic rings. The van der Waals surface area contributed by atoms with Crippen molar-refractivity contribution in [2.24, 2.45) is 0 Å². The Morgan fingerprint density at radius 2 is 2.11 bits per heavy atom. The highest BCUT2D eigenvalue weighted by Crippen LogP contribution is 2.26. The van der Waals surface area contributed by atoms with Gasteiger partial charge in [0.15, 0.2) is 0 Å². The summed E-state index contributed by atoms with van der Waals surface area (Å²) in [6.45, 7) is 0.769. The van der Waals surface area contributed by atoms with Crippen molar-refractivity contribution in [2.75, 3.05) is 0 Å². The predicted octanol–water partition coefficient (Wildman–Crippen LogP) is 3.34. The van der Waals surface area contributed by atoms with Crippen LogP contribution in [0.1, 0.15) is 17.7 Å². The van der Waals surface area contributed by atoms with E-state index in [4.69, 9.17) is 0 Å². The third-order valence-electron chi connectivity index (χ3n) is 2.91. The number of aromatic nitrogens is 1. The maximum atomic E-state index is 13.6. The molecule has 94 valence electrons. The Morgan fingerprint density at radius 3 is 2.83 bits per heavy atom. The third-order valence-corrected chi connectivity index (χ3v) is 3.69. The minimum absolute atomic E-state index is 0.352. The van der Waals surface area contributed by atoms with Crippen LogP contribution in [0.5, 0.6) is 0 Å². The second kappa shape index (κ2) is 4.74. The van der Waals surface area contributed by atoms with Gasteiger partial charge in [-0.3, -0.25) is 0 Å². The highest BCUT2D eigenvalue weighted by atomic mass is 32.1. The van der Waals surface area contributed by atoms with Crippen LogP contribution in [0.2, 0.25) is 0 Å². The van der Waals surface area contributed by atoms with E-state index in [0.717, 1.165) is 17.5 Å². The number of hydrogen-bond donors (Lipinski definition) is 1. The van der Waals surface area contributed by atoms with Gasteiger partial charge >= 0.3 is 0 Å². The molecule has 2 nitrogen and oxygen atoms in total. The topological polar surface area (TPSA) is 24.9 Å². The Balaban J connectivity index is 1.78. The van der Waals surface area contributed by atoms with Crippen molar-refractivity contribution >= 4 is 11.5 Å². The molecular formula is C13H12F2N2S. The summed E-state index contributed by atoms with van der Waals surface area (Å²) in [6.07, 6.45) is 2.47. The molecule has 0 atom stereocenters. The van der Waals surface area contributed by atoms with E-state index in [1.54, 1.807) is 0 Å². The van der Waals surface area contributed by atoms with Crippen molar-refractivity contribution in [3.05, 3.63) is 40.8 Å². The smallest absolute Gasteiger partial charge is 0.135 e. The van der Waals surface area contributed by atoms with Crippen LogP contribution in [-0.2, 0) is 6.54 Å². The quantitative estimate of drug-likeness (QED) is 0.918. The van der Waals surface area contributed by atoms with Gasteiger partial charge < -0.3 is 5.32 Å². The molecule has 1 N–H and O–H groups in total. The molecule has 1 heterocycles. The summed E-state index contributed by atoms with van der Waals surface area (Å²) in [5.41, 5.74) is 0.926. The zero-order chi connectivity index (χ0) is 12.5. The van der Waals surface area contributed by atoms with E-state index in [0.29, 0.717) is 17.3 Å². The van der Waals surface area contributed by atoms with Gasteiger partial charge in [-0.25, -0.2) is 8.78 Å². The molecule has 0 saturated heterocycles. The molecule has 5 heteroatoms. The summed E-state index contributed by atoms with van der Waals surface area (Å²) >= 11 is 1.35. The highest BCUT2D eigenvalue weighted by Gasteiger charge is 2.20. The average molecular weight is 266 g/mol. The zero-order valence-electron chi connectivity index (χ0n) is 9.62. The van der Waals surface area contributed by atoms with Crippen molar-refractivity contribution in [1.29, 1.82) is 0 Å². The van der Waals surface area contributed by atoms with E-state index < -0.39 is 11.6 Å². The van der Waals surface area contributed by atoms with Gasteiger partial charge in [0.2, 0.25) is 0 Å². The first-order valence-corrected chi connectivity index (χ1v) is 6.64. The molecule has 1 aromatic carbocycles. The monoisotopic (exact) mass is 266 g/mol. The zero-order valence-corrected chi connectivity index (χ0v) is 10.4. The van der Waals surface area contributed by atoms with Gasteiger partial charge in [-0.1, -0.05) is 0 Å². The lowest BCUT2D eigenvalue weighted by Gasteiger charge is -1.99. The van der Waals surface area contributed by atoms with Crippen LogP contribution in [0, 0.1) is 11.6 Å². The largest absolute Gasteiger partial charge is 0.309 e. The summed E-state index contributed by atoms with van der Waals surface area (Å²) in [4.78, 5) is 1.07. The lowest BCUT2D eigenvalue weighted by molar-refractivity contribution is 0.585. The van der Waals surface area contributed by atoms with Gasteiger partial charge in [0.1, 0.15) is 11.6 Å². The first kappa shape index (κ1) is 11.7. The first-order chi connectivity index (χ1) is 8.72. The van der Waals surface area contributed by atoms with Gasteiger partial charge in [0.05, 0.1) is 5.69 Å². The Hall–Kier alpha value is -1.33. The minimum Gasteiger partial charge on any atom is -0.309 e. The molecule has 0 radical (unpaired) electrons. The number of nitrogens with zero attached hydrogens (tertiary/aromatic N) is 1. The maximum Gasteiger partial charge on any atom is 0.135 e. The van der Waals surface area contributed by atoms with Gasteiger partial charge in [-0.05, 0) is 42.6 Å². The minimum atomic E-state index is -0.568. The molecule has 1 aliphatic carbocycles. The lowest BCUT2D eigenvalue weighted by Crippen LogP contribution is -2.14. The summed E-state index contributed by atoms with van der Waals surface area (Å²) in [5, 5.41) is 3.38. The Morgan fingerprint density at radius 1 is 1.28 bits per heavy atom. The number of halogens is 2. The summed E-state index contributed by atoms with van der Waals surface area (Å²) in [5.74, 6) is -1.14. The molecule has 0 unspecified atom stereocenters. The summed E-state index contributed by atoms with van der Waals surface area (Å²) in [6, 6.07) is 6.06. The average Bonchev–Trinajstić information content (AvgIpc) is 3.05. The molecule has 0 spiro atoms. The van der Waals surface area contributed by atoms with Crippen LogP contribution in [-0.4, -0.2) is 10.4 Å². The van der Waals surface area contributed by atoms with Gasteiger partial charge in [0, 0.05) is 29.1 Å². The number of hydrogen-bond acceptors (Lipinski definition) is 3. The predicted molar refractivity (Wildman–Crippen MR) is 67.3 cm³/mol. The van der Waals surface area contributed by atoms with Crippen molar-refractivity contribution in [3.63, 3.8) is 0 Å². The van der Waals surface area contributed by atoms with E-state index >= 15 is 0 Å². The van der Waals surface area contributed by atoms with Crippen LogP contribution >= 0.6 is 11.5 Å². The molecule has 2 aromatic rings. The SMILES string of the molecule is Fc1ccc(-c2cc(CNC3CC3)sn2)c(F)c1. The van der Waals surface area contributed by atoms with Gasteiger partial charge in [0.25, 0.3) is 0 Å². The molecule has 0 bridgehead atoms. The van der Waals surface area contributed by atoms with Crippen LogP contribution in [0.15, 0.2) is 24.3 Å². The van der Waals surface area contributed by atoms with Gasteiger partial charge in [-0.2, -0.15) is 4.37 Å². The molecule has 1 aromatic heterocycles. The van der Waals surface area contributed by atoms with Crippen molar-refractivity contribution in [1.82, 2.24) is 9.69 Å². The normalized spacial score (nSPS) is 15.0. The van der Waals surface area contributed by atoms with E-state index in [9.17, 15) is 8.78 Å². The molecule has 1 fully saturated rings. The molecular weight excluding hydrogens is 254 g/mol. The standard InChI is InChI=1S/C13H12F2N2S/c14-8-1-4-11(12(15)5-8)13-6-10(18-17-13)7-16-9-2-3-9/h1,4-6,9,16H,2-3,7H2. The van der Waals surface area contributed by atoms with E-state index in [1.165, 1.54) is 36.5 Å². The number of nitrogens with one attached hydrogen (secondary N) is 1. The van der Waals surface area contributed by atoms with Crippen molar-refractivity contribution in [2.45, 2.75) is 25.4 Å². The molecule has 18 heavy (non-hydrogen) atoms. The number of rotatable bonds is 4. The fraction of sp³-hybridized carbons (Fsp3) is 0.308. The lowest BCUT2D eigenvalue weighted by atomic mass is 10.1. The Labute approximate surface area is 108 Å². The third kappa shape index (κ3) is 2.57.